The predicted octanol–water partition coefficient (Wildman–Crippen LogP) is 3.07. The van der Waals surface area contributed by atoms with E-state index in [1.54, 1.807) is 24.3 Å². The molecule has 32 heavy (non-hydrogen) atoms. The minimum Gasteiger partial charge on any atom is -0.336 e. The van der Waals surface area contributed by atoms with Crippen LogP contribution in [0.15, 0.2) is 42.5 Å². The molecular weight excluding hydrogens is 400 g/mol. The number of piperazine rings is 1. The van der Waals surface area contributed by atoms with Crippen LogP contribution in [0.25, 0.3) is 0 Å². The number of piperidine rings is 1. The van der Waals surface area contributed by atoms with E-state index in [9.17, 15) is 9.59 Å². The van der Waals surface area contributed by atoms with Crippen LogP contribution in [0, 0.1) is 11.3 Å². The Bertz CT molecular complexity index is 1070. The van der Waals surface area contributed by atoms with E-state index >= 15 is 0 Å². The maximum absolute atomic E-state index is 13.2. The Morgan fingerprint density at radius 2 is 1.62 bits per heavy atom. The van der Waals surface area contributed by atoms with E-state index in [0.29, 0.717) is 30.3 Å². The number of fused-ring (bicyclic) bond motifs is 2. The second-order valence-corrected chi connectivity index (χ2v) is 9.09. The zero-order valence-corrected chi connectivity index (χ0v) is 18.3. The number of hydrogen-bond acceptors (Lipinski definition) is 4. The highest BCUT2D eigenvalue weighted by atomic mass is 16.2. The Morgan fingerprint density at radius 1 is 0.844 bits per heavy atom. The van der Waals surface area contributed by atoms with Crippen molar-refractivity contribution in [3.05, 3.63) is 70.3 Å². The van der Waals surface area contributed by atoms with Gasteiger partial charge in [-0.05, 0) is 73.3 Å². The highest BCUT2D eigenvalue weighted by molar-refractivity contribution is 5.95. The van der Waals surface area contributed by atoms with E-state index in [2.05, 4.69) is 11.0 Å². The molecule has 3 aliphatic heterocycles. The minimum atomic E-state index is -0.0226. The Morgan fingerprint density at radius 3 is 2.44 bits per heavy atom. The summed E-state index contributed by atoms with van der Waals surface area (Å²) in [4.78, 5) is 32.5. The quantitative estimate of drug-likeness (QED) is 0.737. The zero-order valence-electron chi connectivity index (χ0n) is 18.3. The van der Waals surface area contributed by atoms with Gasteiger partial charge in [0.05, 0.1) is 11.6 Å². The lowest BCUT2D eigenvalue weighted by Gasteiger charge is -2.44. The summed E-state index contributed by atoms with van der Waals surface area (Å²) in [6, 6.07) is 15.3. The van der Waals surface area contributed by atoms with Crippen molar-refractivity contribution in [1.29, 1.82) is 5.26 Å². The van der Waals surface area contributed by atoms with Crippen LogP contribution in [0.3, 0.4) is 0 Å². The Kier molecular flexibility index (Phi) is 5.67. The second kappa shape index (κ2) is 8.76. The Hall–Kier alpha value is -3.17. The standard InChI is InChI=1S/C26H28N4O2/c27-16-19-4-6-20(7-5-19)25(31)29-12-10-21-15-22(8-9-23(21)17-29)26(32)30-14-13-28-11-2-1-3-24(28)18-30/h4-9,15,24H,1-3,10-14,17-18H2. The van der Waals surface area contributed by atoms with Gasteiger partial charge >= 0.3 is 0 Å². The molecule has 1 unspecified atom stereocenters. The molecule has 3 heterocycles. The molecule has 0 radical (unpaired) electrons. The van der Waals surface area contributed by atoms with Crippen molar-refractivity contribution in [3.63, 3.8) is 0 Å². The summed E-state index contributed by atoms with van der Waals surface area (Å²) < 4.78 is 0. The molecule has 2 saturated heterocycles. The van der Waals surface area contributed by atoms with Gasteiger partial charge in [-0.15, -0.1) is 0 Å². The SMILES string of the molecule is N#Cc1ccc(C(=O)N2CCc3cc(C(=O)N4CCN5CCCCC5C4)ccc3C2)cc1. The van der Waals surface area contributed by atoms with Crippen molar-refractivity contribution in [2.45, 2.75) is 38.3 Å². The molecule has 0 aromatic heterocycles. The first-order valence-corrected chi connectivity index (χ1v) is 11.6. The predicted molar refractivity (Wildman–Crippen MR) is 121 cm³/mol. The highest BCUT2D eigenvalue weighted by Gasteiger charge is 2.32. The number of amides is 2. The number of nitriles is 1. The van der Waals surface area contributed by atoms with Crippen molar-refractivity contribution in [2.24, 2.45) is 0 Å². The van der Waals surface area contributed by atoms with Crippen LogP contribution in [-0.2, 0) is 13.0 Å². The molecule has 0 N–H and O–H groups in total. The number of carbonyl (C=O) groups is 2. The van der Waals surface area contributed by atoms with Gasteiger partial charge in [-0.2, -0.15) is 5.26 Å². The van der Waals surface area contributed by atoms with Crippen LogP contribution in [0.5, 0.6) is 0 Å². The van der Waals surface area contributed by atoms with E-state index < -0.39 is 0 Å². The van der Waals surface area contributed by atoms with Crippen LogP contribution in [0.1, 0.15) is 56.7 Å². The summed E-state index contributed by atoms with van der Waals surface area (Å²) in [5.74, 6) is 0.111. The largest absolute Gasteiger partial charge is 0.336 e. The molecule has 6 heteroatoms. The van der Waals surface area contributed by atoms with Crippen LogP contribution in [0.4, 0.5) is 0 Å². The van der Waals surface area contributed by atoms with Crippen molar-refractivity contribution in [3.8, 4) is 6.07 Å². The molecule has 2 aromatic carbocycles. The summed E-state index contributed by atoms with van der Waals surface area (Å²) in [6.45, 7) is 4.96. The Balaban J connectivity index is 1.26. The lowest BCUT2D eigenvalue weighted by atomic mass is 9.95. The molecular formula is C26H28N4O2. The van der Waals surface area contributed by atoms with Gasteiger partial charge in [0.2, 0.25) is 0 Å². The monoisotopic (exact) mass is 428 g/mol. The van der Waals surface area contributed by atoms with Crippen molar-refractivity contribution in [2.75, 3.05) is 32.7 Å². The number of hydrogen-bond donors (Lipinski definition) is 0. The van der Waals surface area contributed by atoms with Crippen LogP contribution < -0.4 is 0 Å². The summed E-state index contributed by atoms with van der Waals surface area (Å²) in [7, 11) is 0. The second-order valence-electron chi connectivity index (χ2n) is 9.09. The van der Waals surface area contributed by atoms with Gasteiger partial charge in [0.15, 0.2) is 0 Å². The van der Waals surface area contributed by atoms with Crippen molar-refractivity contribution in [1.82, 2.24) is 14.7 Å². The molecule has 2 amide bonds. The topological polar surface area (TPSA) is 67.6 Å². The number of rotatable bonds is 2. The molecule has 0 saturated carbocycles. The number of benzene rings is 2. The summed E-state index contributed by atoms with van der Waals surface area (Å²) in [6.07, 6.45) is 4.48. The lowest BCUT2D eigenvalue weighted by Crippen LogP contribution is -2.56. The summed E-state index contributed by atoms with van der Waals surface area (Å²) in [5, 5.41) is 8.95. The third-order valence-corrected chi connectivity index (χ3v) is 7.14. The van der Waals surface area contributed by atoms with Gasteiger partial charge in [-0.25, -0.2) is 0 Å². The normalized spacial score (nSPS) is 20.8. The lowest BCUT2D eigenvalue weighted by molar-refractivity contribution is 0.0372. The summed E-state index contributed by atoms with van der Waals surface area (Å²) in [5.41, 5.74) is 4.18. The average Bonchev–Trinajstić information content (AvgIpc) is 2.87. The highest BCUT2D eigenvalue weighted by Crippen LogP contribution is 2.25. The van der Waals surface area contributed by atoms with E-state index in [0.717, 1.165) is 42.7 Å². The first-order valence-electron chi connectivity index (χ1n) is 11.6. The fraction of sp³-hybridized carbons (Fsp3) is 0.423. The Labute approximate surface area is 189 Å². The van der Waals surface area contributed by atoms with Crippen LogP contribution >= 0.6 is 0 Å². The number of nitrogens with zero attached hydrogens (tertiary/aromatic N) is 4. The van der Waals surface area contributed by atoms with E-state index in [1.165, 1.54) is 25.8 Å². The third-order valence-electron chi connectivity index (χ3n) is 7.14. The zero-order chi connectivity index (χ0) is 22.1. The number of carbonyl (C=O) groups excluding carboxylic acids is 2. The van der Waals surface area contributed by atoms with E-state index in [-0.39, 0.29) is 11.8 Å². The molecule has 0 spiro atoms. The third kappa shape index (κ3) is 4.01. The van der Waals surface area contributed by atoms with Gasteiger partial charge in [0.1, 0.15) is 0 Å². The maximum atomic E-state index is 13.2. The van der Waals surface area contributed by atoms with Crippen molar-refractivity contribution >= 4 is 11.8 Å². The van der Waals surface area contributed by atoms with E-state index in [4.69, 9.17) is 5.26 Å². The minimum absolute atomic E-state index is 0.0226. The fourth-order valence-electron chi connectivity index (χ4n) is 5.25. The first-order chi connectivity index (χ1) is 15.6. The van der Waals surface area contributed by atoms with Gasteiger partial charge in [-0.1, -0.05) is 12.5 Å². The maximum Gasteiger partial charge on any atom is 0.254 e. The molecule has 5 rings (SSSR count). The van der Waals surface area contributed by atoms with Gasteiger partial charge < -0.3 is 9.80 Å². The average molecular weight is 429 g/mol. The first kappa shape index (κ1) is 20.7. The van der Waals surface area contributed by atoms with Gasteiger partial charge in [0.25, 0.3) is 11.8 Å². The molecule has 2 fully saturated rings. The molecule has 1 atom stereocenters. The molecule has 164 valence electrons. The van der Waals surface area contributed by atoms with Crippen molar-refractivity contribution < 1.29 is 9.59 Å². The van der Waals surface area contributed by atoms with Gasteiger partial charge in [-0.3, -0.25) is 14.5 Å². The molecule has 3 aliphatic rings. The molecule has 0 aliphatic carbocycles. The van der Waals surface area contributed by atoms with Gasteiger partial charge in [0, 0.05) is 49.9 Å². The molecule has 2 aromatic rings. The summed E-state index contributed by atoms with van der Waals surface area (Å²) >= 11 is 0. The fourth-order valence-corrected chi connectivity index (χ4v) is 5.25. The van der Waals surface area contributed by atoms with E-state index in [1.807, 2.05) is 28.0 Å². The molecule has 0 bridgehead atoms. The van der Waals surface area contributed by atoms with Crippen LogP contribution in [-0.4, -0.2) is 65.3 Å². The van der Waals surface area contributed by atoms with Crippen LogP contribution in [0.2, 0.25) is 0 Å². The molecule has 6 nitrogen and oxygen atoms in total. The smallest absolute Gasteiger partial charge is 0.254 e.